The number of hydrogen-bond acceptors (Lipinski definition) is 4. The first-order chi connectivity index (χ1) is 8.97. The van der Waals surface area contributed by atoms with E-state index in [2.05, 4.69) is 20.9 Å². The number of carboxylic acids is 1. The fourth-order valence-electron chi connectivity index (χ4n) is 1.20. The molecular formula is C11H14N4O4. The molecule has 0 atom stereocenters. The third-order valence-corrected chi connectivity index (χ3v) is 1.98. The number of urea groups is 1. The number of rotatable bonds is 5. The van der Waals surface area contributed by atoms with Crippen molar-refractivity contribution in [2.75, 3.05) is 18.4 Å². The second-order valence-electron chi connectivity index (χ2n) is 3.73. The summed E-state index contributed by atoms with van der Waals surface area (Å²) in [5.41, 5.74) is 1.39. The summed E-state index contributed by atoms with van der Waals surface area (Å²) < 4.78 is 0. The van der Waals surface area contributed by atoms with E-state index in [1.54, 1.807) is 12.3 Å². The molecule has 0 bridgehead atoms. The summed E-state index contributed by atoms with van der Waals surface area (Å²) in [6.45, 7) is 1.04. The predicted molar refractivity (Wildman–Crippen MR) is 66.6 cm³/mol. The topological polar surface area (TPSA) is 120 Å². The number of aliphatic carboxylic acids is 1. The van der Waals surface area contributed by atoms with Gasteiger partial charge < -0.3 is 21.1 Å². The van der Waals surface area contributed by atoms with Crippen molar-refractivity contribution in [1.82, 2.24) is 15.6 Å². The highest BCUT2D eigenvalue weighted by Crippen LogP contribution is 2.06. The summed E-state index contributed by atoms with van der Waals surface area (Å²) >= 11 is 0. The molecule has 3 amide bonds. The number of pyridine rings is 1. The van der Waals surface area contributed by atoms with Gasteiger partial charge >= 0.3 is 12.0 Å². The first-order valence-corrected chi connectivity index (χ1v) is 5.42. The number of nitrogens with one attached hydrogen (secondary N) is 3. The number of amides is 3. The van der Waals surface area contributed by atoms with Gasteiger partial charge in [-0.15, -0.1) is 0 Å². The van der Waals surface area contributed by atoms with Gasteiger partial charge in [-0.1, -0.05) is 0 Å². The second-order valence-corrected chi connectivity index (χ2v) is 3.73. The predicted octanol–water partition coefficient (Wildman–Crippen LogP) is -0.288. The van der Waals surface area contributed by atoms with Crippen molar-refractivity contribution in [2.45, 2.75) is 6.92 Å². The molecule has 19 heavy (non-hydrogen) atoms. The number of carboxylic acid groups (broad SMARTS) is 1. The lowest BCUT2D eigenvalue weighted by Gasteiger charge is -2.07. The van der Waals surface area contributed by atoms with E-state index in [4.69, 9.17) is 5.11 Å². The van der Waals surface area contributed by atoms with Crippen LogP contribution in [0.4, 0.5) is 10.5 Å². The van der Waals surface area contributed by atoms with Crippen LogP contribution in [0.3, 0.4) is 0 Å². The molecule has 0 saturated carbocycles. The normalized spacial score (nSPS) is 9.53. The van der Waals surface area contributed by atoms with Crippen LogP contribution in [0.2, 0.25) is 0 Å². The standard InChI is InChI=1S/C11H14N4O4/c1-7-2-8(4-12-3-7)15-11(19)14-5-9(16)13-6-10(17)18/h2-4H,5-6H2,1H3,(H,13,16)(H,17,18)(H2,14,15,19). The molecule has 1 rings (SSSR count). The van der Waals surface area contributed by atoms with E-state index in [1.807, 2.05) is 6.92 Å². The highest BCUT2D eigenvalue weighted by molar-refractivity contribution is 5.92. The maximum Gasteiger partial charge on any atom is 0.322 e. The molecule has 0 radical (unpaired) electrons. The van der Waals surface area contributed by atoms with Gasteiger partial charge in [0.05, 0.1) is 18.4 Å². The van der Waals surface area contributed by atoms with Gasteiger partial charge in [0.2, 0.25) is 5.91 Å². The number of hydrogen-bond donors (Lipinski definition) is 4. The lowest BCUT2D eigenvalue weighted by molar-refractivity contribution is -0.137. The van der Waals surface area contributed by atoms with Crippen LogP contribution >= 0.6 is 0 Å². The van der Waals surface area contributed by atoms with Gasteiger partial charge in [0, 0.05) is 6.20 Å². The molecule has 0 aromatic carbocycles. The minimum Gasteiger partial charge on any atom is -0.480 e. The van der Waals surface area contributed by atoms with Crippen molar-refractivity contribution >= 4 is 23.6 Å². The Labute approximate surface area is 109 Å². The van der Waals surface area contributed by atoms with Crippen LogP contribution in [0, 0.1) is 6.92 Å². The average Bonchev–Trinajstić information content (AvgIpc) is 2.34. The molecule has 102 valence electrons. The highest BCUT2D eigenvalue weighted by Gasteiger charge is 2.06. The zero-order valence-corrected chi connectivity index (χ0v) is 10.3. The van der Waals surface area contributed by atoms with Crippen molar-refractivity contribution in [3.05, 3.63) is 24.0 Å². The van der Waals surface area contributed by atoms with Gasteiger partial charge in [-0.3, -0.25) is 14.6 Å². The molecule has 0 spiro atoms. The first kappa shape index (κ1) is 14.4. The molecule has 0 fully saturated rings. The zero-order valence-electron chi connectivity index (χ0n) is 10.3. The van der Waals surface area contributed by atoms with Gasteiger partial charge in [0.1, 0.15) is 6.54 Å². The van der Waals surface area contributed by atoms with E-state index in [0.717, 1.165) is 5.56 Å². The second kappa shape index (κ2) is 6.94. The molecule has 1 aromatic heterocycles. The van der Waals surface area contributed by atoms with Crippen molar-refractivity contribution in [2.24, 2.45) is 0 Å². The molecule has 4 N–H and O–H groups in total. The Morgan fingerprint density at radius 3 is 2.58 bits per heavy atom. The largest absolute Gasteiger partial charge is 0.480 e. The minimum absolute atomic E-state index is 0.307. The average molecular weight is 266 g/mol. The lowest BCUT2D eigenvalue weighted by Crippen LogP contribution is -2.40. The Morgan fingerprint density at radius 1 is 1.21 bits per heavy atom. The minimum atomic E-state index is -1.15. The van der Waals surface area contributed by atoms with Crippen LogP contribution in [0.1, 0.15) is 5.56 Å². The number of carbonyl (C=O) groups excluding carboxylic acids is 2. The van der Waals surface area contributed by atoms with Crippen molar-refractivity contribution in [3.63, 3.8) is 0 Å². The van der Waals surface area contributed by atoms with Crippen LogP contribution in [0.25, 0.3) is 0 Å². The lowest BCUT2D eigenvalue weighted by atomic mass is 10.3. The molecule has 0 saturated heterocycles. The molecule has 0 unspecified atom stereocenters. The molecule has 8 heteroatoms. The fraction of sp³-hybridized carbons (Fsp3) is 0.273. The fourth-order valence-corrected chi connectivity index (χ4v) is 1.20. The molecule has 0 aliphatic carbocycles. The maximum absolute atomic E-state index is 11.4. The number of aryl methyl sites for hydroxylation is 1. The Kier molecular flexibility index (Phi) is 5.27. The number of anilines is 1. The third-order valence-electron chi connectivity index (χ3n) is 1.98. The monoisotopic (exact) mass is 266 g/mol. The summed E-state index contributed by atoms with van der Waals surface area (Å²) in [6, 6.07) is 1.15. The Balaban J connectivity index is 2.32. The smallest absolute Gasteiger partial charge is 0.322 e. The zero-order chi connectivity index (χ0) is 14.3. The molecular weight excluding hydrogens is 252 g/mol. The van der Waals surface area contributed by atoms with Gasteiger partial charge in [-0.2, -0.15) is 0 Å². The van der Waals surface area contributed by atoms with E-state index < -0.39 is 24.5 Å². The van der Waals surface area contributed by atoms with Gasteiger partial charge in [-0.25, -0.2) is 4.79 Å². The van der Waals surface area contributed by atoms with Crippen LogP contribution in [0.15, 0.2) is 18.5 Å². The molecule has 8 nitrogen and oxygen atoms in total. The van der Waals surface area contributed by atoms with E-state index in [-0.39, 0.29) is 6.54 Å². The Morgan fingerprint density at radius 2 is 1.95 bits per heavy atom. The van der Waals surface area contributed by atoms with Crippen molar-refractivity contribution in [1.29, 1.82) is 0 Å². The van der Waals surface area contributed by atoms with Crippen molar-refractivity contribution in [3.8, 4) is 0 Å². The third kappa shape index (κ3) is 6.01. The van der Waals surface area contributed by atoms with Crippen LogP contribution in [0.5, 0.6) is 0 Å². The maximum atomic E-state index is 11.4. The quantitative estimate of drug-likeness (QED) is 0.583. The number of carbonyl (C=O) groups is 3. The molecule has 0 aliphatic heterocycles. The number of nitrogens with zero attached hydrogens (tertiary/aromatic N) is 1. The van der Waals surface area contributed by atoms with Gasteiger partial charge in [0.25, 0.3) is 0 Å². The summed E-state index contributed by atoms with van der Waals surface area (Å²) in [6.07, 6.45) is 3.11. The first-order valence-electron chi connectivity index (χ1n) is 5.42. The molecule has 1 heterocycles. The summed E-state index contributed by atoms with van der Waals surface area (Å²) in [7, 11) is 0. The van der Waals surface area contributed by atoms with Gasteiger partial charge in [0.15, 0.2) is 0 Å². The molecule has 1 aromatic rings. The Hall–Kier alpha value is -2.64. The number of aromatic nitrogens is 1. The Bertz CT molecular complexity index is 489. The SMILES string of the molecule is Cc1cncc(NC(=O)NCC(=O)NCC(=O)O)c1. The van der Waals surface area contributed by atoms with E-state index in [9.17, 15) is 14.4 Å². The van der Waals surface area contributed by atoms with E-state index in [0.29, 0.717) is 5.69 Å². The molecule has 0 aliphatic rings. The van der Waals surface area contributed by atoms with Crippen LogP contribution in [-0.2, 0) is 9.59 Å². The van der Waals surface area contributed by atoms with Crippen LogP contribution in [-0.4, -0.2) is 41.1 Å². The summed E-state index contributed by atoms with van der Waals surface area (Å²) in [5, 5.41) is 15.2. The van der Waals surface area contributed by atoms with E-state index in [1.165, 1.54) is 6.20 Å². The van der Waals surface area contributed by atoms with Crippen LogP contribution < -0.4 is 16.0 Å². The van der Waals surface area contributed by atoms with Crippen molar-refractivity contribution < 1.29 is 19.5 Å². The highest BCUT2D eigenvalue weighted by atomic mass is 16.4. The van der Waals surface area contributed by atoms with Gasteiger partial charge in [-0.05, 0) is 18.6 Å². The summed E-state index contributed by atoms with van der Waals surface area (Å²) in [5.74, 6) is -1.73. The van der Waals surface area contributed by atoms with E-state index >= 15 is 0 Å². The summed E-state index contributed by atoms with van der Waals surface area (Å²) in [4.78, 5) is 36.6.